The third-order valence-corrected chi connectivity index (χ3v) is 4.84. The molecule has 0 aromatic heterocycles. The van der Waals surface area contributed by atoms with Crippen molar-refractivity contribution >= 4 is 43.8 Å². The first-order valence-corrected chi connectivity index (χ1v) is 9.57. The number of aryl methyl sites for hydroxylation is 1. The highest BCUT2D eigenvalue weighted by molar-refractivity contribution is 9.11. The maximum Gasteiger partial charge on any atom is 0.142 e. The van der Waals surface area contributed by atoms with Gasteiger partial charge < -0.3 is 4.74 Å². The molecule has 0 unspecified atom stereocenters. The Morgan fingerprint density at radius 1 is 1.04 bits per heavy atom. The lowest BCUT2D eigenvalue weighted by Crippen LogP contribution is -2.00. The van der Waals surface area contributed by atoms with Crippen LogP contribution >= 0.6 is 31.9 Å². The Bertz CT molecular complexity index is 939. The second-order valence-electron chi connectivity index (χ2n) is 5.77. The lowest BCUT2D eigenvalue weighted by atomic mass is 10.2. The predicted molar refractivity (Wildman–Crippen MR) is 111 cm³/mol. The van der Waals surface area contributed by atoms with Gasteiger partial charge in [-0.2, -0.15) is 0 Å². The second-order valence-corrected chi connectivity index (χ2v) is 7.54. The van der Waals surface area contributed by atoms with Crippen LogP contribution in [0.3, 0.4) is 0 Å². The van der Waals surface area contributed by atoms with Crippen LogP contribution in [0.1, 0.15) is 16.7 Å². The van der Waals surface area contributed by atoms with Crippen molar-refractivity contribution in [2.45, 2.75) is 13.5 Å². The summed E-state index contributed by atoms with van der Waals surface area (Å²) in [6.45, 7) is 2.36. The van der Waals surface area contributed by atoms with Crippen LogP contribution in [0.2, 0.25) is 0 Å². The average molecular weight is 477 g/mol. The predicted octanol–water partition coefficient (Wildman–Crippen LogP) is 6.99. The summed E-state index contributed by atoms with van der Waals surface area (Å²) < 4.78 is 20.8. The Labute approximate surface area is 169 Å². The average Bonchev–Trinajstić information content (AvgIpc) is 2.61. The zero-order valence-corrected chi connectivity index (χ0v) is 17.2. The summed E-state index contributed by atoms with van der Waals surface area (Å²) in [7, 11) is 0. The zero-order chi connectivity index (χ0) is 18.5. The van der Waals surface area contributed by atoms with Gasteiger partial charge >= 0.3 is 0 Å². The van der Waals surface area contributed by atoms with E-state index in [2.05, 4.69) is 36.9 Å². The van der Waals surface area contributed by atoms with Gasteiger partial charge in [0, 0.05) is 16.3 Å². The van der Waals surface area contributed by atoms with E-state index in [0.717, 1.165) is 31.3 Å². The van der Waals surface area contributed by atoms with Crippen LogP contribution in [-0.2, 0) is 6.61 Å². The van der Waals surface area contributed by atoms with Crippen LogP contribution in [-0.4, -0.2) is 6.21 Å². The smallest absolute Gasteiger partial charge is 0.142 e. The molecular weight excluding hydrogens is 461 g/mol. The summed E-state index contributed by atoms with van der Waals surface area (Å²) in [5.74, 6) is 0.430. The maximum atomic E-state index is 13.0. The third-order valence-electron chi connectivity index (χ3n) is 3.79. The Morgan fingerprint density at radius 3 is 2.50 bits per heavy atom. The molecule has 0 aliphatic rings. The highest BCUT2D eigenvalue weighted by Crippen LogP contribution is 2.33. The summed E-state index contributed by atoms with van der Waals surface area (Å²) in [6.07, 6.45) is 1.79. The molecule has 0 amide bonds. The van der Waals surface area contributed by atoms with Gasteiger partial charge in [-0.25, -0.2) is 4.39 Å². The van der Waals surface area contributed by atoms with Crippen LogP contribution in [0.4, 0.5) is 10.1 Å². The SMILES string of the molecule is Cc1ccccc1N=Cc1cc(Br)cc(Br)c1OCc1ccc(F)cc1. The Balaban J connectivity index is 1.87. The molecule has 0 N–H and O–H groups in total. The molecule has 0 atom stereocenters. The molecule has 0 saturated carbocycles. The molecule has 26 heavy (non-hydrogen) atoms. The minimum atomic E-state index is -0.260. The normalized spacial score (nSPS) is 11.1. The van der Waals surface area contributed by atoms with E-state index in [4.69, 9.17) is 4.74 Å². The van der Waals surface area contributed by atoms with Gasteiger partial charge in [0.2, 0.25) is 0 Å². The standard InChI is InChI=1S/C21H16Br2FNO/c1-14-4-2-3-5-20(14)25-12-16-10-17(22)11-19(23)21(16)26-13-15-6-8-18(24)9-7-15/h2-12H,13H2,1H3. The lowest BCUT2D eigenvalue weighted by molar-refractivity contribution is 0.303. The molecule has 5 heteroatoms. The van der Waals surface area contributed by atoms with Gasteiger partial charge in [0.1, 0.15) is 18.2 Å². The summed E-state index contributed by atoms with van der Waals surface area (Å²) in [5.41, 5.74) is 3.75. The zero-order valence-electron chi connectivity index (χ0n) is 14.0. The Kier molecular flexibility index (Phi) is 6.22. The number of benzene rings is 3. The van der Waals surface area contributed by atoms with Crippen LogP contribution in [0.15, 0.2) is 74.6 Å². The van der Waals surface area contributed by atoms with Gasteiger partial charge in [-0.15, -0.1) is 0 Å². The molecule has 0 saturated heterocycles. The van der Waals surface area contributed by atoms with Gasteiger partial charge in [-0.05, 0) is 64.3 Å². The highest BCUT2D eigenvalue weighted by atomic mass is 79.9. The van der Waals surface area contributed by atoms with Crippen molar-refractivity contribution in [3.63, 3.8) is 0 Å². The molecule has 0 fully saturated rings. The van der Waals surface area contributed by atoms with Crippen molar-refractivity contribution in [2.75, 3.05) is 0 Å². The van der Waals surface area contributed by atoms with Crippen LogP contribution in [0, 0.1) is 12.7 Å². The second kappa shape index (κ2) is 8.60. The van der Waals surface area contributed by atoms with E-state index in [0.29, 0.717) is 12.4 Å². The van der Waals surface area contributed by atoms with Gasteiger partial charge in [0.05, 0.1) is 10.2 Å². The highest BCUT2D eigenvalue weighted by Gasteiger charge is 2.10. The molecule has 0 heterocycles. The number of ether oxygens (including phenoxy) is 1. The third kappa shape index (κ3) is 4.80. The van der Waals surface area contributed by atoms with Crippen molar-refractivity contribution < 1.29 is 9.13 Å². The van der Waals surface area contributed by atoms with Crippen LogP contribution in [0.5, 0.6) is 5.75 Å². The molecular formula is C21H16Br2FNO. The number of hydrogen-bond acceptors (Lipinski definition) is 2. The molecule has 0 aliphatic carbocycles. The summed E-state index contributed by atoms with van der Waals surface area (Å²) in [4.78, 5) is 4.59. The van der Waals surface area contributed by atoms with E-state index in [-0.39, 0.29) is 5.82 Å². The number of rotatable bonds is 5. The van der Waals surface area contributed by atoms with Crippen molar-refractivity contribution in [3.8, 4) is 5.75 Å². The first kappa shape index (κ1) is 18.8. The van der Waals surface area contributed by atoms with Gasteiger partial charge in [-0.1, -0.05) is 46.3 Å². The molecule has 0 radical (unpaired) electrons. The molecule has 0 aliphatic heterocycles. The van der Waals surface area contributed by atoms with Crippen molar-refractivity contribution in [2.24, 2.45) is 4.99 Å². The molecule has 3 rings (SSSR count). The van der Waals surface area contributed by atoms with Crippen molar-refractivity contribution in [3.05, 3.63) is 92.1 Å². The number of aliphatic imine (C=N–C) groups is 1. The van der Waals surface area contributed by atoms with E-state index in [9.17, 15) is 4.39 Å². The topological polar surface area (TPSA) is 21.6 Å². The Morgan fingerprint density at radius 2 is 1.77 bits per heavy atom. The van der Waals surface area contributed by atoms with Crippen molar-refractivity contribution in [1.82, 2.24) is 0 Å². The molecule has 2 nitrogen and oxygen atoms in total. The molecule has 3 aromatic rings. The van der Waals surface area contributed by atoms with E-state index in [1.165, 1.54) is 12.1 Å². The number of halogens is 3. The maximum absolute atomic E-state index is 13.0. The van der Waals surface area contributed by atoms with E-state index in [1.54, 1.807) is 18.3 Å². The lowest BCUT2D eigenvalue weighted by Gasteiger charge is -2.12. The molecule has 0 spiro atoms. The first-order chi connectivity index (χ1) is 12.5. The number of nitrogens with zero attached hydrogens (tertiary/aromatic N) is 1. The summed E-state index contributed by atoms with van der Waals surface area (Å²) in [5, 5.41) is 0. The minimum Gasteiger partial charge on any atom is -0.487 e. The fourth-order valence-corrected chi connectivity index (χ4v) is 3.78. The Hall–Kier alpha value is -1.98. The van der Waals surface area contributed by atoms with Crippen molar-refractivity contribution in [1.29, 1.82) is 0 Å². The van der Waals surface area contributed by atoms with Gasteiger partial charge in [0.15, 0.2) is 0 Å². The quantitative estimate of drug-likeness (QED) is 0.363. The van der Waals surface area contributed by atoms with Gasteiger partial charge in [-0.3, -0.25) is 4.99 Å². The fourth-order valence-electron chi connectivity index (χ4n) is 2.41. The van der Waals surface area contributed by atoms with E-state index in [1.807, 2.05) is 43.3 Å². The summed E-state index contributed by atoms with van der Waals surface area (Å²) in [6, 6.07) is 18.1. The van der Waals surface area contributed by atoms with Gasteiger partial charge in [0.25, 0.3) is 0 Å². The van der Waals surface area contributed by atoms with E-state index >= 15 is 0 Å². The number of para-hydroxylation sites is 1. The first-order valence-electron chi connectivity index (χ1n) is 7.99. The monoisotopic (exact) mass is 475 g/mol. The fraction of sp³-hybridized carbons (Fsp3) is 0.0952. The summed E-state index contributed by atoms with van der Waals surface area (Å²) >= 11 is 7.05. The minimum absolute atomic E-state index is 0.260. The molecule has 3 aromatic carbocycles. The molecule has 132 valence electrons. The largest absolute Gasteiger partial charge is 0.487 e. The number of hydrogen-bond donors (Lipinski definition) is 0. The van der Waals surface area contributed by atoms with E-state index < -0.39 is 0 Å². The van der Waals surface area contributed by atoms with Crippen LogP contribution in [0.25, 0.3) is 0 Å². The van der Waals surface area contributed by atoms with Crippen LogP contribution < -0.4 is 4.74 Å². The molecule has 0 bridgehead atoms.